The van der Waals surface area contributed by atoms with Gasteiger partial charge in [0.05, 0.1) is 12.0 Å². The normalized spacial score (nSPS) is 13.9. The Bertz CT molecular complexity index is 1130. The molecule has 4 nitrogen and oxygen atoms in total. The van der Waals surface area contributed by atoms with E-state index in [0.717, 1.165) is 15.6 Å². The number of hydrogen-bond acceptors (Lipinski definition) is 4. The highest BCUT2D eigenvalue weighted by Gasteiger charge is 2.30. The molecule has 4 rings (SSSR count). The van der Waals surface area contributed by atoms with Gasteiger partial charge in [-0.05, 0) is 47.9 Å². The molecule has 0 saturated heterocycles. The fourth-order valence-corrected chi connectivity index (χ4v) is 3.63. The van der Waals surface area contributed by atoms with E-state index in [1.807, 2.05) is 54.6 Å². The number of aryl methyl sites for hydroxylation is 1. The molecule has 0 aliphatic carbocycles. The molecular formula is C24H17BrO4. The lowest BCUT2D eigenvalue weighted by molar-refractivity contribution is -0.133. The van der Waals surface area contributed by atoms with Gasteiger partial charge in [0.15, 0.2) is 5.76 Å². The molecule has 0 fully saturated rings. The summed E-state index contributed by atoms with van der Waals surface area (Å²) in [6, 6.07) is 20.2. The fourth-order valence-electron chi connectivity index (χ4n) is 3.21. The Morgan fingerprint density at radius 3 is 2.62 bits per heavy atom. The van der Waals surface area contributed by atoms with Crippen LogP contribution in [-0.2, 0) is 11.2 Å². The first-order chi connectivity index (χ1) is 14.0. The van der Waals surface area contributed by atoms with Crippen molar-refractivity contribution in [2.24, 2.45) is 0 Å². The van der Waals surface area contributed by atoms with E-state index < -0.39 is 0 Å². The summed E-state index contributed by atoms with van der Waals surface area (Å²) >= 11 is 3.42. The van der Waals surface area contributed by atoms with Crippen molar-refractivity contribution in [1.29, 1.82) is 0 Å². The maximum Gasteiger partial charge on any atom is 0.315 e. The van der Waals surface area contributed by atoms with E-state index in [-0.39, 0.29) is 23.9 Å². The SMILES string of the molecule is Cc1cc(OC(=O)Cc2ccccc2)cc2c1C(=O)/C(=C/c1cccc(Br)c1)O2. The highest BCUT2D eigenvalue weighted by molar-refractivity contribution is 9.10. The van der Waals surface area contributed by atoms with E-state index in [1.54, 1.807) is 25.1 Å². The average molecular weight is 449 g/mol. The van der Waals surface area contributed by atoms with Gasteiger partial charge in [0.1, 0.15) is 11.5 Å². The largest absolute Gasteiger partial charge is 0.452 e. The number of ketones is 1. The Labute approximate surface area is 176 Å². The van der Waals surface area contributed by atoms with Crippen molar-refractivity contribution in [3.8, 4) is 11.5 Å². The molecule has 0 radical (unpaired) electrons. The Balaban J connectivity index is 1.55. The second-order valence-corrected chi connectivity index (χ2v) is 7.66. The van der Waals surface area contributed by atoms with Crippen LogP contribution >= 0.6 is 15.9 Å². The summed E-state index contributed by atoms with van der Waals surface area (Å²) in [6.07, 6.45) is 1.87. The molecule has 0 aromatic heterocycles. The standard InChI is InChI=1S/C24H17BrO4/c1-15-10-19(28-22(26)13-16-6-3-2-4-7-16)14-20-23(15)24(27)21(29-20)12-17-8-5-9-18(25)11-17/h2-12,14H,13H2,1H3/b21-12-. The van der Waals surface area contributed by atoms with Crippen LogP contribution in [0.4, 0.5) is 0 Å². The summed E-state index contributed by atoms with van der Waals surface area (Å²) in [4.78, 5) is 25.0. The van der Waals surface area contributed by atoms with E-state index in [1.165, 1.54) is 0 Å². The fraction of sp³-hybridized carbons (Fsp3) is 0.0833. The molecule has 5 heteroatoms. The number of carbonyl (C=O) groups is 2. The Hall–Kier alpha value is -3.18. The lowest BCUT2D eigenvalue weighted by Crippen LogP contribution is -2.11. The van der Waals surface area contributed by atoms with Gasteiger partial charge < -0.3 is 9.47 Å². The summed E-state index contributed by atoms with van der Waals surface area (Å²) < 4.78 is 12.2. The third-order valence-electron chi connectivity index (χ3n) is 4.51. The highest BCUT2D eigenvalue weighted by Crippen LogP contribution is 2.37. The lowest BCUT2D eigenvalue weighted by atomic mass is 10.0. The number of benzene rings is 3. The molecule has 3 aromatic rings. The van der Waals surface area contributed by atoms with Crippen LogP contribution in [0.2, 0.25) is 0 Å². The molecule has 144 valence electrons. The minimum atomic E-state index is -0.371. The number of carbonyl (C=O) groups excluding carboxylic acids is 2. The maximum atomic E-state index is 12.8. The van der Waals surface area contributed by atoms with Crippen LogP contribution < -0.4 is 9.47 Å². The smallest absolute Gasteiger partial charge is 0.315 e. The zero-order chi connectivity index (χ0) is 20.4. The van der Waals surface area contributed by atoms with Gasteiger partial charge in [0, 0.05) is 10.5 Å². The number of esters is 1. The third kappa shape index (κ3) is 4.30. The van der Waals surface area contributed by atoms with E-state index in [2.05, 4.69) is 15.9 Å². The minimum absolute atomic E-state index is 0.171. The van der Waals surface area contributed by atoms with Gasteiger partial charge in [-0.1, -0.05) is 58.4 Å². The lowest BCUT2D eigenvalue weighted by Gasteiger charge is -2.08. The van der Waals surface area contributed by atoms with Crippen molar-refractivity contribution in [3.05, 3.63) is 99.2 Å². The van der Waals surface area contributed by atoms with Crippen molar-refractivity contribution in [2.45, 2.75) is 13.3 Å². The summed E-state index contributed by atoms with van der Waals surface area (Å²) in [5.74, 6) is 0.454. The van der Waals surface area contributed by atoms with E-state index in [0.29, 0.717) is 22.6 Å². The second-order valence-electron chi connectivity index (χ2n) is 6.74. The maximum absolute atomic E-state index is 12.8. The van der Waals surface area contributed by atoms with E-state index in [9.17, 15) is 9.59 Å². The monoisotopic (exact) mass is 448 g/mol. The molecule has 0 spiro atoms. The first kappa shape index (κ1) is 19.2. The second kappa shape index (κ2) is 8.05. The Kier molecular flexibility index (Phi) is 5.32. The first-order valence-corrected chi connectivity index (χ1v) is 9.88. The van der Waals surface area contributed by atoms with Gasteiger partial charge in [0.25, 0.3) is 0 Å². The number of allylic oxidation sites excluding steroid dienone is 1. The van der Waals surface area contributed by atoms with Crippen LogP contribution in [0.1, 0.15) is 27.0 Å². The van der Waals surface area contributed by atoms with Gasteiger partial charge >= 0.3 is 5.97 Å². The minimum Gasteiger partial charge on any atom is -0.452 e. The van der Waals surface area contributed by atoms with Crippen LogP contribution in [0, 0.1) is 6.92 Å². The summed E-state index contributed by atoms with van der Waals surface area (Å²) in [6.45, 7) is 1.80. The van der Waals surface area contributed by atoms with Crippen LogP contribution in [0.15, 0.2) is 77.0 Å². The molecule has 3 aromatic carbocycles. The number of fused-ring (bicyclic) bond motifs is 1. The molecular weight excluding hydrogens is 432 g/mol. The zero-order valence-electron chi connectivity index (χ0n) is 15.6. The van der Waals surface area contributed by atoms with Gasteiger partial charge in [-0.25, -0.2) is 0 Å². The van der Waals surface area contributed by atoms with Gasteiger partial charge in [0.2, 0.25) is 5.78 Å². The van der Waals surface area contributed by atoms with Crippen molar-refractivity contribution in [2.75, 3.05) is 0 Å². The van der Waals surface area contributed by atoms with Gasteiger partial charge in [-0.3, -0.25) is 9.59 Å². The number of halogens is 1. The van der Waals surface area contributed by atoms with Gasteiger partial charge in [-0.2, -0.15) is 0 Å². The average Bonchev–Trinajstić information content (AvgIpc) is 2.98. The quantitative estimate of drug-likeness (QED) is 0.299. The molecule has 0 N–H and O–H groups in total. The molecule has 1 heterocycles. The summed E-state index contributed by atoms with van der Waals surface area (Å²) in [7, 11) is 0. The molecule has 1 aliphatic heterocycles. The Morgan fingerprint density at radius 1 is 1.07 bits per heavy atom. The topological polar surface area (TPSA) is 52.6 Å². The van der Waals surface area contributed by atoms with Crippen LogP contribution in [0.25, 0.3) is 6.08 Å². The third-order valence-corrected chi connectivity index (χ3v) is 5.01. The van der Waals surface area contributed by atoms with Crippen molar-refractivity contribution in [1.82, 2.24) is 0 Å². The number of rotatable bonds is 4. The first-order valence-electron chi connectivity index (χ1n) is 9.08. The van der Waals surface area contributed by atoms with Crippen LogP contribution in [0.3, 0.4) is 0 Å². The predicted molar refractivity (Wildman–Crippen MR) is 114 cm³/mol. The summed E-state index contributed by atoms with van der Waals surface area (Å²) in [5, 5.41) is 0. The molecule has 0 amide bonds. The van der Waals surface area contributed by atoms with Gasteiger partial charge in [-0.15, -0.1) is 0 Å². The van der Waals surface area contributed by atoms with E-state index in [4.69, 9.17) is 9.47 Å². The van der Waals surface area contributed by atoms with Crippen LogP contribution in [0.5, 0.6) is 11.5 Å². The van der Waals surface area contributed by atoms with Crippen molar-refractivity contribution < 1.29 is 19.1 Å². The molecule has 29 heavy (non-hydrogen) atoms. The molecule has 0 saturated carbocycles. The molecule has 0 bridgehead atoms. The number of hydrogen-bond donors (Lipinski definition) is 0. The predicted octanol–water partition coefficient (Wildman–Crippen LogP) is 5.52. The molecule has 1 aliphatic rings. The van der Waals surface area contributed by atoms with Crippen molar-refractivity contribution >= 4 is 33.8 Å². The number of ether oxygens (including phenoxy) is 2. The molecule has 0 atom stereocenters. The van der Waals surface area contributed by atoms with E-state index >= 15 is 0 Å². The highest BCUT2D eigenvalue weighted by atomic mass is 79.9. The zero-order valence-corrected chi connectivity index (χ0v) is 17.2. The van der Waals surface area contributed by atoms with Crippen molar-refractivity contribution in [3.63, 3.8) is 0 Å². The Morgan fingerprint density at radius 2 is 1.86 bits per heavy atom. The van der Waals surface area contributed by atoms with Crippen LogP contribution in [-0.4, -0.2) is 11.8 Å². The summed E-state index contributed by atoms with van der Waals surface area (Å²) in [5.41, 5.74) is 2.92. The molecule has 0 unspecified atom stereocenters. The number of Topliss-reactive ketones (excluding diaryl/α,β-unsaturated/α-hetero) is 1.